The Morgan fingerprint density at radius 3 is 1.48 bits per heavy atom. The molecule has 0 rings (SSSR count). The van der Waals surface area contributed by atoms with Crippen molar-refractivity contribution in [1.82, 2.24) is 0 Å². The van der Waals surface area contributed by atoms with E-state index in [1.54, 1.807) is 0 Å². The van der Waals surface area contributed by atoms with Crippen molar-refractivity contribution in [3.05, 3.63) is 48.6 Å². The highest BCUT2D eigenvalue weighted by Gasteiger charge is 2.16. The molecule has 0 bridgehead atoms. The van der Waals surface area contributed by atoms with Crippen LogP contribution in [0.15, 0.2) is 48.6 Å². The second kappa shape index (κ2) is 35.3. The van der Waals surface area contributed by atoms with Crippen LogP contribution in [0.2, 0.25) is 0 Å². The average molecular weight is 617 g/mol. The van der Waals surface area contributed by atoms with Crippen molar-refractivity contribution in [3.63, 3.8) is 0 Å². The van der Waals surface area contributed by atoms with Crippen LogP contribution >= 0.6 is 0 Å². The molecular weight excluding hydrogens is 548 g/mol. The molecule has 0 aliphatic carbocycles. The molecule has 0 saturated carbocycles. The first kappa shape index (κ1) is 41.9. The zero-order chi connectivity index (χ0) is 32.2. The van der Waals surface area contributed by atoms with E-state index >= 15 is 0 Å². The van der Waals surface area contributed by atoms with Crippen molar-refractivity contribution in [1.29, 1.82) is 0 Å². The molecular formula is C39H68O5. The summed E-state index contributed by atoms with van der Waals surface area (Å²) >= 11 is 0. The van der Waals surface area contributed by atoms with E-state index in [9.17, 15) is 14.7 Å². The SMILES string of the molecule is CCCCCC=CCC=CCC=CCCCCC(=O)OC[C@H](CO)OC(=O)CCCCCCCCCC=CCCCCCC. The number of hydrogen-bond donors (Lipinski definition) is 1. The fourth-order valence-electron chi connectivity index (χ4n) is 4.79. The lowest BCUT2D eigenvalue weighted by Gasteiger charge is -2.15. The maximum atomic E-state index is 12.1. The summed E-state index contributed by atoms with van der Waals surface area (Å²) < 4.78 is 10.5. The molecule has 0 aliphatic heterocycles. The summed E-state index contributed by atoms with van der Waals surface area (Å²) in [4.78, 5) is 24.2. The Hall–Kier alpha value is -2.14. The van der Waals surface area contributed by atoms with Gasteiger partial charge in [-0.25, -0.2) is 0 Å². The molecule has 254 valence electrons. The standard InChI is InChI=1S/C39H68O5/c1-3-5-7-9-11-13-15-17-19-21-23-25-27-29-31-33-38(41)43-36-37(35-40)44-39(42)34-32-30-28-26-24-22-20-18-16-14-12-10-8-6-4-2/h11,13-14,16-17,19,23,25,37,40H,3-10,12,15,18,20-22,24,26-36H2,1-2H3/t37-/m0/s1. The number of unbranched alkanes of at least 4 members (excludes halogenated alkanes) is 16. The Labute approximate surface area is 271 Å². The lowest BCUT2D eigenvalue weighted by atomic mass is 10.1. The topological polar surface area (TPSA) is 72.8 Å². The van der Waals surface area contributed by atoms with Crippen molar-refractivity contribution in [2.45, 2.75) is 174 Å². The Kier molecular flexibility index (Phi) is 33.6. The molecule has 0 unspecified atom stereocenters. The van der Waals surface area contributed by atoms with E-state index in [1.165, 1.54) is 89.9 Å². The Morgan fingerprint density at radius 1 is 0.523 bits per heavy atom. The fraction of sp³-hybridized carbons (Fsp3) is 0.744. The lowest BCUT2D eigenvalue weighted by molar-refractivity contribution is -0.161. The summed E-state index contributed by atoms with van der Waals surface area (Å²) in [5.41, 5.74) is 0. The molecule has 0 spiro atoms. The first-order chi connectivity index (χ1) is 21.6. The normalized spacial score (nSPS) is 12.7. The molecule has 0 aliphatic rings. The number of carbonyl (C=O) groups excluding carboxylic acids is 2. The summed E-state index contributed by atoms with van der Waals surface area (Å²) in [6.07, 6.45) is 43.0. The molecule has 0 aromatic heterocycles. The molecule has 0 aromatic rings. The Balaban J connectivity index is 3.66. The number of aliphatic hydroxyl groups is 1. The van der Waals surface area contributed by atoms with E-state index in [0.717, 1.165) is 51.4 Å². The van der Waals surface area contributed by atoms with Gasteiger partial charge in [0.15, 0.2) is 6.10 Å². The highest BCUT2D eigenvalue weighted by Crippen LogP contribution is 2.12. The van der Waals surface area contributed by atoms with Gasteiger partial charge in [-0.05, 0) is 77.0 Å². The van der Waals surface area contributed by atoms with Gasteiger partial charge >= 0.3 is 11.9 Å². The third kappa shape index (κ3) is 32.8. The number of rotatable bonds is 32. The summed E-state index contributed by atoms with van der Waals surface area (Å²) in [5.74, 6) is -0.644. The lowest BCUT2D eigenvalue weighted by Crippen LogP contribution is -2.28. The van der Waals surface area contributed by atoms with Crippen LogP contribution < -0.4 is 0 Å². The van der Waals surface area contributed by atoms with Crippen LogP contribution in [-0.2, 0) is 19.1 Å². The zero-order valence-electron chi connectivity index (χ0n) is 28.7. The third-order valence-electron chi connectivity index (χ3n) is 7.60. The number of carbonyl (C=O) groups is 2. The number of esters is 2. The van der Waals surface area contributed by atoms with Crippen molar-refractivity contribution < 1.29 is 24.2 Å². The van der Waals surface area contributed by atoms with E-state index in [-0.39, 0.29) is 25.2 Å². The molecule has 0 amide bonds. The highest BCUT2D eigenvalue weighted by atomic mass is 16.6. The smallest absolute Gasteiger partial charge is 0.306 e. The second-order valence-electron chi connectivity index (χ2n) is 11.9. The first-order valence-corrected chi connectivity index (χ1v) is 18.2. The molecule has 5 nitrogen and oxygen atoms in total. The number of ether oxygens (including phenoxy) is 2. The van der Waals surface area contributed by atoms with Crippen LogP contribution in [0.1, 0.15) is 168 Å². The molecule has 0 fully saturated rings. The quantitative estimate of drug-likeness (QED) is 0.0462. The molecule has 0 radical (unpaired) electrons. The molecule has 44 heavy (non-hydrogen) atoms. The summed E-state index contributed by atoms with van der Waals surface area (Å²) in [6, 6.07) is 0. The van der Waals surface area contributed by atoms with Gasteiger partial charge in [-0.15, -0.1) is 0 Å². The number of allylic oxidation sites excluding steroid dienone is 8. The minimum Gasteiger partial charge on any atom is -0.462 e. The van der Waals surface area contributed by atoms with Gasteiger partial charge in [-0.3, -0.25) is 9.59 Å². The van der Waals surface area contributed by atoms with Gasteiger partial charge < -0.3 is 14.6 Å². The van der Waals surface area contributed by atoms with Gasteiger partial charge in [0.05, 0.1) is 6.61 Å². The monoisotopic (exact) mass is 617 g/mol. The van der Waals surface area contributed by atoms with E-state index in [4.69, 9.17) is 9.47 Å². The van der Waals surface area contributed by atoms with E-state index in [1.807, 2.05) is 0 Å². The van der Waals surface area contributed by atoms with Gasteiger partial charge in [0.1, 0.15) is 6.61 Å². The average Bonchev–Trinajstić information content (AvgIpc) is 3.02. The minimum absolute atomic E-state index is 0.0880. The predicted octanol–water partition coefficient (Wildman–Crippen LogP) is 11.1. The molecule has 0 heterocycles. The fourth-order valence-corrected chi connectivity index (χ4v) is 4.79. The summed E-state index contributed by atoms with van der Waals surface area (Å²) in [6.45, 7) is 4.04. The van der Waals surface area contributed by atoms with Crippen molar-refractivity contribution in [3.8, 4) is 0 Å². The second-order valence-corrected chi connectivity index (χ2v) is 11.9. The van der Waals surface area contributed by atoms with Crippen molar-refractivity contribution in [2.75, 3.05) is 13.2 Å². The van der Waals surface area contributed by atoms with Crippen LogP contribution in [-0.4, -0.2) is 36.4 Å². The Morgan fingerprint density at radius 2 is 0.909 bits per heavy atom. The van der Waals surface area contributed by atoms with E-state index < -0.39 is 6.10 Å². The van der Waals surface area contributed by atoms with Crippen LogP contribution in [0, 0.1) is 0 Å². The first-order valence-electron chi connectivity index (χ1n) is 18.2. The minimum atomic E-state index is -0.788. The maximum absolute atomic E-state index is 12.1. The summed E-state index contributed by atoms with van der Waals surface area (Å²) in [5, 5.41) is 9.52. The van der Waals surface area contributed by atoms with Crippen LogP contribution in [0.5, 0.6) is 0 Å². The molecule has 0 aromatic carbocycles. The van der Waals surface area contributed by atoms with Crippen molar-refractivity contribution in [2.24, 2.45) is 0 Å². The third-order valence-corrected chi connectivity index (χ3v) is 7.60. The van der Waals surface area contributed by atoms with Gasteiger partial charge in [-0.2, -0.15) is 0 Å². The van der Waals surface area contributed by atoms with Crippen LogP contribution in [0.4, 0.5) is 0 Å². The zero-order valence-corrected chi connectivity index (χ0v) is 28.7. The summed E-state index contributed by atoms with van der Waals surface area (Å²) in [7, 11) is 0. The van der Waals surface area contributed by atoms with Crippen LogP contribution in [0.3, 0.4) is 0 Å². The highest BCUT2D eigenvalue weighted by molar-refractivity contribution is 5.70. The Bertz CT molecular complexity index is 752. The largest absolute Gasteiger partial charge is 0.462 e. The van der Waals surface area contributed by atoms with Gasteiger partial charge in [-0.1, -0.05) is 127 Å². The molecule has 1 N–H and O–H groups in total. The molecule has 1 atom stereocenters. The van der Waals surface area contributed by atoms with Crippen molar-refractivity contribution >= 4 is 11.9 Å². The van der Waals surface area contributed by atoms with Gasteiger partial charge in [0, 0.05) is 12.8 Å². The van der Waals surface area contributed by atoms with E-state index in [0.29, 0.717) is 12.8 Å². The maximum Gasteiger partial charge on any atom is 0.306 e. The number of aliphatic hydroxyl groups excluding tert-OH is 1. The van der Waals surface area contributed by atoms with Crippen LogP contribution in [0.25, 0.3) is 0 Å². The molecule has 0 saturated heterocycles. The predicted molar refractivity (Wildman–Crippen MR) is 187 cm³/mol. The van der Waals surface area contributed by atoms with E-state index in [2.05, 4.69) is 62.5 Å². The van der Waals surface area contributed by atoms with Gasteiger partial charge in [0.25, 0.3) is 0 Å². The number of hydrogen-bond acceptors (Lipinski definition) is 5. The van der Waals surface area contributed by atoms with Gasteiger partial charge in [0.2, 0.25) is 0 Å². The molecule has 5 heteroatoms.